The number of nitrogens with zero attached hydrogens (tertiary/aromatic N) is 1. The maximum Gasteiger partial charge on any atom is 0.256 e. The van der Waals surface area contributed by atoms with Crippen LogP contribution in [0.1, 0.15) is 31.2 Å². The van der Waals surface area contributed by atoms with E-state index in [9.17, 15) is 4.79 Å². The van der Waals surface area contributed by atoms with E-state index in [4.69, 9.17) is 10.5 Å². The van der Waals surface area contributed by atoms with Crippen molar-refractivity contribution in [3.63, 3.8) is 0 Å². The van der Waals surface area contributed by atoms with Gasteiger partial charge in [-0.15, -0.1) is 0 Å². The summed E-state index contributed by atoms with van der Waals surface area (Å²) >= 11 is 0. The predicted octanol–water partition coefficient (Wildman–Crippen LogP) is 2.25. The Kier molecular flexibility index (Phi) is 5.56. The van der Waals surface area contributed by atoms with Crippen molar-refractivity contribution >= 4 is 11.6 Å². The summed E-state index contributed by atoms with van der Waals surface area (Å²) in [6.45, 7) is 3.95. The van der Waals surface area contributed by atoms with E-state index in [0.29, 0.717) is 19.7 Å². The summed E-state index contributed by atoms with van der Waals surface area (Å²) in [5.41, 5.74) is 7.68. The molecule has 0 aromatic heterocycles. The maximum absolute atomic E-state index is 12.7. The lowest BCUT2D eigenvalue weighted by Crippen LogP contribution is -2.43. The first kappa shape index (κ1) is 15.0. The van der Waals surface area contributed by atoms with E-state index in [0.717, 1.165) is 36.9 Å². The minimum absolute atomic E-state index is 0.0763. The molecule has 4 nitrogen and oxygen atoms in total. The second-order valence-corrected chi connectivity index (χ2v) is 5.27. The Morgan fingerprint density at radius 2 is 2.20 bits per heavy atom. The van der Waals surface area contributed by atoms with Crippen molar-refractivity contribution in [3.8, 4) is 0 Å². The molecule has 2 N–H and O–H groups in total. The number of anilines is 1. The van der Waals surface area contributed by atoms with Gasteiger partial charge in [0.1, 0.15) is 6.10 Å². The summed E-state index contributed by atoms with van der Waals surface area (Å²) in [6.07, 6.45) is 3.45. The quantitative estimate of drug-likeness (QED) is 0.897. The zero-order chi connectivity index (χ0) is 14.4. The minimum Gasteiger partial charge on any atom is -0.368 e. The van der Waals surface area contributed by atoms with Crippen LogP contribution in [0, 0.1) is 6.92 Å². The molecule has 1 atom stereocenters. The zero-order valence-corrected chi connectivity index (χ0v) is 12.2. The Balaban J connectivity index is 2.18. The molecule has 1 aromatic rings. The van der Waals surface area contributed by atoms with Crippen molar-refractivity contribution in [2.24, 2.45) is 5.73 Å². The highest BCUT2D eigenvalue weighted by Gasteiger charge is 2.28. The average molecular weight is 276 g/mol. The average Bonchev–Trinajstić information content (AvgIpc) is 2.50. The SMILES string of the molecule is Cc1ccccc1N(CCCN)C(=O)C1CCCCO1. The largest absolute Gasteiger partial charge is 0.368 e. The number of hydrogen-bond acceptors (Lipinski definition) is 3. The van der Waals surface area contributed by atoms with Crippen molar-refractivity contribution in [2.45, 2.75) is 38.7 Å². The molecule has 0 radical (unpaired) electrons. The lowest BCUT2D eigenvalue weighted by Gasteiger charge is -2.30. The van der Waals surface area contributed by atoms with Crippen molar-refractivity contribution < 1.29 is 9.53 Å². The highest BCUT2D eigenvalue weighted by Crippen LogP contribution is 2.23. The van der Waals surface area contributed by atoms with E-state index < -0.39 is 0 Å². The van der Waals surface area contributed by atoms with Gasteiger partial charge in [0.2, 0.25) is 0 Å². The van der Waals surface area contributed by atoms with E-state index >= 15 is 0 Å². The Bertz CT molecular complexity index is 442. The third-order valence-electron chi connectivity index (χ3n) is 3.71. The Labute approximate surface area is 120 Å². The van der Waals surface area contributed by atoms with Crippen molar-refractivity contribution in [3.05, 3.63) is 29.8 Å². The molecule has 0 bridgehead atoms. The molecular formula is C16H24N2O2. The molecule has 4 heteroatoms. The number of ether oxygens (including phenoxy) is 1. The molecule has 2 rings (SSSR count). The van der Waals surface area contributed by atoms with Gasteiger partial charge in [0.25, 0.3) is 5.91 Å². The third kappa shape index (κ3) is 3.58. The number of aryl methyl sites for hydroxylation is 1. The van der Waals surface area contributed by atoms with Crippen molar-refractivity contribution in [2.75, 3.05) is 24.6 Å². The second kappa shape index (κ2) is 7.41. The number of carbonyl (C=O) groups excluding carboxylic acids is 1. The number of hydrogen-bond donors (Lipinski definition) is 1. The van der Waals surface area contributed by atoms with Crippen LogP contribution < -0.4 is 10.6 Å². The molecule has 0 spiro atoms. The normalized spacial score (nSPS) is 18.8. The number of carbonyl (C=O) groups is 1. The van der Waals surface area contributed by atoms with Crippen molar-refractivity contribution in [1.82, 2.24) is 0 Å². The van der Waals surface area contributed by atoms with Gasteiger partial charge in [0.05, 0.1) is 0 Å². The molecule has 1 aliphatic rings. The summed E-state index contributed by atoms with van der Waals surface area (Å²) in [7, 11) is 0. The van der Waals surface area contributed by atoms with Crippen LogP contribution in [0.3, 0.4) is 0 Å². The highest BCUT2D eigenvalue weighted by atomic mass is 16.5. The smallest absolute Gasteiger partial charge is 0.256 e. The van der Waals surface area contributed by atoms with Gasteiger partial charge in [0.15, 0.2) is 0 Å². The van der Waals surface area contributed by atoms with Gasteiger partial charge in [-0.2, -0.15) is 0 Å². The van der Waals surface area contributed by atoms with Gasteiger partial charge in [-0.05, 0) is 50.8 Å². The number of benzene rings is 1. The number of nitrogens with two attached hydrogens (primary N) is 1. The topological polar surface area (TPSA) is 55.6 Å². The van der Waals surface area contributed by atoms with E-state index in [1.54, 1.807) is 0 Å². The van der Waals surface area contributed by atoms with Crippen LogP contribution in [0.15, 0.2) is 24.3 Å². The molecule has 1 aromatic carbocycles. The molecule has 1 unspecified atom stereocenters. The molecule has 0 saturated carbocycles. The van der Waals surface area contributed by atoms with Crippen LogP contribution in [-0.4, -0.2) is 31.7 Å². The number of para-hydroxylation sites is 1. The summed E-state index contributed by atoms with van der Waals surface area (Å²) < 4.78 is 5.64. The highest BCUT2D eigenvalue weighted by molar-refractivity contribution is 5.97. The van der Waals surface area contributed by atoms with Crippen LogP contribution in [0.5, 0.6) is 0 Å². The molecule has 1 saturated heterocycles. The van der Waals surface area contributed by atoms with Crippen LogP contribution in [0.2, 0.25) is 0 Å². The molecule has 20 heavy (non-hydrogen) atoms. The summed E-state index contributed by atoms with van der Waals surface area (Å²) in [5.74, 6) is 0.0763. The van der Waals surface area contributed by atoms with Gasteiger partial charge in [-0.3, -0.25) is 4.79 Å². The summed E-state index contributed by atoms with van der Waals surface area (Å²) in [5, 5.41) is 0. The van der Waals surface area contributed by atoms with Crippen LogP contribution in [0.25, 0.3) is 0 Å². The molecule has 110 valence electrons. The Morgan fingerprint density at radius 1 is 1.40 bits per heavy atom. The van der Waals surface area contributed by atoms with Crippen molar-refractivity contribution in [1.29, 1.82) is 0 Å². The monoisotopic (exact) mass is 276 g/mol. The van der Waals surface area contributed by atoms with Gasteiger partial charge in [-0.1, -0.05) is 18.2 Å². The molecular weight excluding hydrogens is 252 g/mol. The van der Waals surface area contributed by atoms with E-state index in [1.165, 1.54) is 0 Å². The molecule has 1 amide bonds. The molecule has 1 aliphatic heterocycles. The van der Waals surface area contributed by atoms with Crippen LogP contribution in [-0.2, 0) is 9.53 Å². The minimum atomic E-state index is -0.291. The van der Waals surface area contributed by atoms with Gasteiger partial charge in [-0.25, -0.2) is 0 Å². The first-order valence-corrected chi connectivity index (χ1v) is 7.42. The van der Waals surface area contributed by atoms with Gasteiger partial charge < -0.3 is 15.4 Å². The second-order valence-electron chi connectivity index (χ2n) is 5.27. The van der Waals surface area contributed by atoms with E-state index in [1.807, 2.05) is 36.1 Å². The zero-order valence-electron chi connectivity index (χ0n) is 12.2. The van der Waals surface area contributed by atoms with Crippen LogP contribution >= 0.6 is 0 Å². The van der Waals surface area contributed by atoms with Gasteiger partial charge in [0, 0.05) is 18.8 Å². The fourth-order valence-electron chi connectivity index (χ4n) is 2.57. The lowest BCUT2D eigenvalue weighted by molar-refractivity contribution is -0.132. The maximum atomic E-state index is 12.7. The first-order valence-electron chi connectivity index (χ1n) is 7.42. The lowest BCUT2D eigenvalue weighted by atomic mass is 10.1. The Hall–Kier alpha value is -1.39. The summed E-state index contributed by atoms with van der Waals surface area (Å²) in [6, 6.07) is 7.97. The number of amides is 1. The molecule has 0 aliphatic carbocycles. The fraction of sp³-hybridized carbons (Fsp3) is 0.562. The third-order valence-corrected chi connectivity index (χ3v) is 3.71. The fourth-order valence-corrected chi connectivity index (χ4v) is 2.57. The first-order chi connectivity index (χ1) is 9.74. The van der Waals surface area contributed by atoms with Gasteiger partial charge >= 0.3 is 0 Å². The van der Waals surface area contributed by atoms with E-state index in [-0.39, 0.29) is 12.0 Å². The molecule has 1 fully saturated rings. The molecule has 1 heterocycles. The predicted molar refractivity (Wildman–Crippen MR) is 80.8 cm³/mol. The number of rotatable bonds is 5. The van der Waals surface area contributed by atoms with E-state index in [2.05, 4.69) is 0 Å². The Morgan fingerprint density at radius 3 is 2.85 bits per heavy atom. The summed E-state index contributed by atoms with van der Waals surface area (Å²) in [4.78, 5) is 14.6. The standard InChI is InChI=1S/C16H24N2O2/c1-13-7-2-3-8-14(13)18(11-6-10-17)16(19)15-9-4-5-12-20-15/h2-3,7-8,15H,4-6,9-12,17H2,1H3. The van der Waals surface area contributed by atoms with Crippen LogP contribution in [0.4, 0.5) is 5.69 Å².